The fourth-order valence-electron chi connectivity index (χ4n) is 2.88. The van der Waals surface area contributed by atoms with Crippen molar-refractivity contribution in [2.24, 2.45) is 0 Å². The number of hydrogen-bond donors (Lipinski definition) is 1. The van der Waals surface area contributed by atoms with Crippen LogP contribution in [0.2, 0.25) is 5.02 Å². The molecule has 2 heterocycles. The second kappa shape index (κ2) is 6.02. The first-order valence-electron chi connectivity index (χ1n) is 7.20. The van der Waals surface area contributed by atoms with E-state index in [1.54, 1.807) is 11.0 Å². The number of carbonyl (C=O) groups is 1. The van der Waals surface area contributed by atoms with Gasteiger partial charge in [0.05, 0.1) is 5.69 Å². The maximum Gasteiger partial charge on any atom is 0.265 e. The molecular formula is C15H19ClN2O2. The average molecular weight is 295 g/mol. The molecule has 1 saturated heterocycles. The quantitative estimate of drug-likeness (QED) is 0.932. The highest BCUT2D eigenvalue weighted by Crippen LogP contribution is 2.34. The third-order valence-electron chi connectivity index (χ3n) is 3.98. The van der Waals surface area contributed by atoms with Crippen LogP contribution in [0.1, 0.15) is 25.7 Å². The van der Waals surface area contributed by atoms with Gasteiger partial charge >= 0.3 is 0 Å². The Bertz CT molecular complexity index is 501. The van der Waals surface area contributed by atoms with Crippen molar-refractivity contribution in [1.82, 2.24) is 5.32 Å². The van der Waals surface area contributed by atoms with E-state index in [1.807, 2.05) is 12.1 Å². The van der Waals surface area contributed by atoms with Gasteiger partial charge in [-0.2, -0.15) is 0 Å². The summed E-state index contributed by atoms with van der Waals surface area (Å²) in [5, 5.41) is 4.14. The fraction of sp³-hybridized carbons (Fsp3) is 0.533. The molecule has 0 aliphatic carbocycles. The van der Waals surface area contributed by atoms with Crippen molar-refractivity contribution in [3.05, 3.63) is 23.2 Å². The summed E-state index contributed by atoms with van der Waals surface area (Å²) >= 11 is 6.03. The van der Waals surface area contributed by atoms with Gasteiger partial charge in [0, 0.05) is 17.6 Å². The van der Waals surface area contributed by atoms with Gasteiger partial charge in [-0.1, -0.05) is 18.0 Å². The number of halogens is 1. The van der Waals surface area contributed by atoms with Crippen LogP contribution in [-0.4, -0.2) is 31.6 Å². The molecule has 1 N–H and O–H groups in total. The maximum atomic E-state index is 12.1. The lowest BCUT2D eigenvalue weighted by Crippen LogP contribution is -2.43. The van der Waals surface area contributed by atoms with E-state index in [0.29, 0.717) is 17.6 Å². The SMILES string of the molecule is O=C1COc2ccc(Cl)cc2N1CCC1CCCCN1. The van der Waals surface area contributed by atoms with E-state index in [0.717, 1.165) is 24.4 Å². The second-order valence-corrected chi connectivity index (χ2v) is 5.82. The molecule has 5 heteroatoms. The molecule has 1 aromatic rings. The van der Waals surface area contributed by atoms with Crippen molar-refractivity contribution in [2.75, 3.05) is 24.6 Å². The molecule has 0 spiro atoms. The molecule has 0 radical (unpaired) electrons. The van der Waals surface area contributed by atoms with E-state index in [1.165, 1.54) is 19.3 Å². The first kappa shape index (κ1) is 13.7. The first-order valence-corrected chi connectivity index (χ1v) is 7.58. The molecule has 0 saturated carbocycles. The lowest BCUT2D eigenvalue weighted by molar-refractivity contribution is -0.121. The highest BCUT2D eigenvalue weighted by Gasteiger charge is 2.26. The summed E-state index contributed by atoms with van der Waals surface area (Å²) in [6.45, 7) is 1.92. The third-order valence-corrected chi connectivity index (χ3v) is 4.21. The van der Waals surface area contributed by atoms with E-state index >= 15 is 0 Å². The minimum absolute atomic E-state index is 0.00979. The molecule has 1 unspecified atom stereocenters. The summed E-state index contributed by atoms with van der Waals surface area (Å²) in [6.07, 6.45) is 4.70. The molecule has 0 bridgehead atoms. The van der Waals surface area contributed by atoms with Crippen molar-refractivity contribution in [3.63, 3.8) is 0 Å². The van der Waals surface area contributed by atoms with Crippen molar-refractivity contribution in [3.8, 4) is 5.75 Å². The summed E-state index contributed by atoms with van der Waals surface area (Å²) in [4.78, 5) is 13.9. The van der Waals surface area contributed by atoms with Gasteiger partial charge in [0.15, 0.2) is 6.61 Å². The molecule has 1 amide bonds. The van der Waals surface area contributed by atoms with Gasteiger partial charge in [-0.15, -0.1) is 0 Å². The number of nitrogens with zero attached hydrogens (tertiary/aromatic N) is 1. The zero-order chi connectivity index (χ0) is 13.9. The highest BCUT2D eigenvalue weighted by atomic mass is 35.5. The lowest BCUT2D eigenvalue weighted by Gasteiger charge is -2.31. The Kier molecular flexibility index (Phi) is 4.13. The van der Waals surface area contributed by atoms with Crippen LogP contribution in [0, 0.1) is 0 Å². The predicted octanol–water partition coefficient (Wildman–Crippen LogP) is 2.60. The van der Waals surface area contributed by atoms with E-state index < -0.39 is 0 Å². The van der Waals surface area contributed by atoms with Gasteiger partial charge < -0.3 is 15.0 Å². The maximum absolute atomic E-state index is 12.1. The van der Waals surface area contributed by atoms with Crippen molar-refractivity contribution in [1.29, 1.82) is 0 Å². The summed E-state index contributed by atoms with van der Waals surface area (Å²) in [5.41, 5.74) is 0.796. The predicted molar refractivity (Wildman–Crippen MR) is 79.6 cm³/mol. The van der Waals surface area contributed by atoms with Gasteiger partial charge in [-0.3, -0.25) is 4.79 Å². The topological polar surface area (TPSA) is 41.6 Å². The van der Waals surface area contributed by atoms with Crippen LogP contribution in [0.5, 0.6) is 5.75 Å². The third kappa shape index (κ3) is 2.91. The van der Waals surface area contributed by atoms with Crippen LogP contribution in [0.3, 0.4) is 0 Å². The van der Waals surface area contributed by atoms with Gasteiger partial charge in [-0.25, -0.2) is 0 Å². The Hall–Kier alpha value is -1.26. The summed E-state index contributed by atoms with van der Waals surface area (Å²) in [5.74, 6) is 0.751. The number of amides is 1. The first-order chi connectivity index (χ1) is 9.74. The minimum Gasteiger partial charge on any atom is -0.482 e. The molecule has 4 nitrogen and oxygen atoms in total. The number of fused-ring (bicyclic) bond motifs is 1. The standard InChI is InChI=1S/C15H19ClN2O2/c16-11-4-5-14-13(9-11)18(15(19)10-20-14)8-6-12-3-1-2-7-17-12/h4-5,9,12,17H,1-3,6-8,10H2. The summed E-state index contributed by atoms with van der Waals surface area (Å²) in [7, 11) is 0. The van der Waals surface area contributed by atoms with E-state index in [-0.39, 0.29) is 12.5 Å². The van der Waals surface area contributed by atoms with Crippen LogP contribution < -0.4 is 15.0 Å². The number of ether oxygens (including phenoxy) is 1. The molecule has 1 fully saturated rings. The van der Waals surface area contributed by atoms with E-state index in [4.69, 9.17) is 16.3 Å². The molecule has 2 aliphatic heterocycles. The second-order valence-electron chi connectivity index (χ2n) is 5.38. The Morgan fingerprint density at radius 1 is 1.40 bits per heavy atom. The van der Waals surface area contributed by atoms with Crippen LogP contribution in [0.15, 0.2) is 18.2 Å². The summed E-state index contributed by atoms with van der Waals surface area (Å²) < 4.78 is 5.45. The van der Waals surface area contributed by atoms with Crippen molar-refractivity contribution in [2.45, 2.75) is 31.7 Å². The number of carbonyl (C=O) groups excluding carboxylic acids is 1. The number of rotatable bonds is 3. The molecule has 20 heavy (non-hydrogen) atoms. The van der Waals surface area contributed by atoms with Crippen molar-refractivity contribution >= 4 is 23.2 Å². The van der Waals surface area contributed by atoms with Gasteiger partial charge in [0.2, 0.25) is 0 Å². The molecular weight excluding hydrogens is 276 g/mol. The number of anilines is 1. The van der Waals surface area contributed by atoms with Crippen LogP contribution in [0.25, 0.3) is 0 Å². The highest BCUT2D eigenvalue weighted by molar-refractivity contribution is 6.31. The molecule has 1 atom stereocenters. The van der Waals surface area contributed by atoms with Gasteiger partial charge in [-0.05, 0) is 44.0 Å². The number of nitrogens with one attached hydrogen (secondary N) is 1. The fourth-order valence-corrected chi connectivity index (χ4v) is 3.04. The van der Waals surface area contributed by atoms with Gasteiger partial charge in [0.1, 0.15) is 5.75 Å². The Morgan fingerprint density at radius 2 is 2.30 bits per heavy atom. The van der Waals surface area contributed by atoms with Crippen LogP contribution in [-0.2, 0) is 4.79 Å². The Morgan fingerprint density at radius 3 is 3.10 bits per heavy atom. The number of hydrogen-bond acceptors (Lipinski definition) is 3. The van der Waals surface area contributed by atoms with Crippen molar-refractivity contribution < 1.29 is 9.53 Å². The largest absolute Gasteiger partial charge is 0.482 e. The lowest BCUT2D eigenvalue weighted by atomic mass is 10.0. The molecule has 0 aromatic heterocycles. The minimum atomic E-state index is 0.00979. The smallest absolute Gasteiger partial charge is 0.265 e. The molecule has 3 rings (SSSR count). The Labute approximate surface area is 124 Å². The molecule has 2 aliphatic rings. The molecule has 1 aromatic carbocycles. The van der Waals surface area contributed by atoms with E-state index in [2.05, 4.69) is 5.32 Å². The number of benzene rings is 1. The Balaban J connectivity index is 1.71. The average Bonchev–Trinajstić information content (AvgIpc) is 2.47. The number of piperidine rings is 1. The zero-order valence-corrected chi connectivity index (χ0v) is 12.2. The van der Waals surface area contributed by atoms with E-state index in [9.17, 15) is 4.79 Å². The van der Waals surface area contributed by atoms with Crippen LogP contribution >= 0.6 is 11.6 Å². The monoisotopic (exact) mass is 294 g/mol. The zero-order valence-electron chi connectivity index (χ0n) is 11.4. The van der Waals surface area contributed by atoms with Crippen LogP contribution in [0.4, 0.5) is 5.69 Å². The summed E-state index contributed by atoms with van der Waals surface area (Å²) in [6, 6.07) is 5.94. The normalized spacial score (nSPS) is 22.4. The molecule has 108 valence electrons. The van der Waals surface area contributed by atoms with Gasteiger partial charge in [0.25, 0.3) is 5.91 Å².